The van der Waals surface area contributed by atoms with E-state index in [1.807, 2.05) is 32.0 Å². The van der Waals surface area contributed by atoms with E-state index in [1.54, 1.807) is 0 Å². The van der Waals surface area contributed by atoms with Crippen molar-refractivity contribution in [2.75, 3.05) is 0 Å². The molecule has 0 radical (unpaired) electrons. The van der Waals surface area contributed by atoms with Gasteiger partial charge in [0, 0.05) is 5.56 Å². The number of benzene rings is 2. The molecule has 2 aromatic rings. The molecule has 0 saturated carbocycles. The number of hydrogen-bond donors (Lipinski definition) is 2. The van der Waals surface area contributed by atoms with Gasteiger partial charge in [0.2, 0.25) is 0 Å². The summed E-state index contributed by atoms with van der Waals surface area (Å²) in [5, 5.41) is 0. The van der Waals surface area contributed by atoms with Gasteiger partial charge in [0.1, 0.15) is 11.6 Å². The predicted molar refractivity (Wildman–Crippen MR) is 79.1 cm³/mol. The summed E-state index contributed by atoms with van der Waals surface area (Å²) in [4.78, 5) is 0. The van der Waals surface area contributed by atoms with Gasteiger partial charge in [-0.05, 0) is 58.6 Å². The highest BCUT2D eigenvalue weighted by atomic mass is 79.9. The van der Waals surface area contributed by atoms with Gasteiger partial charge in [-0.2, -0.15) is 0 Å². The van der Waals surface area contributed by atoms with Gasteiger partial charge in [0.25, 0.3) is 0 Å². The molecule has 0 heterocycles. The second kappa shape index (κ2) is 5.99. The van der Waals surface area contributed by atoms with Gasteiger partial charge in [-0.25, -0.2) is 14.2 Å². The molecule has 2 aromatic carbocycles. The molecule has 20 heavy (non-hydrogen) atoms. The van der Waals surface area contributed by atoms with E-state index in [9.17, 15) is 8.78 Å². The van der Waals surface area contributed by atoms with Gasteiger partial charge in [0.15, 0.2) is 0 Å². The Morgan fingerprint density at radius 1 is 1.05 bits per heavy atom. The highest BCUT2D eigenvalue weighted by Crippen LogP contribution is 2.33. The zero-order chi connectivity index (χ0) is 14.9. The number of nitrogens with two attached hydrogens (primary N) is 1. The summed E-state index contributed by atoms with van der Waals surface area (Å²) in [5.41, 5.74) is 5.07. The minimum atomic E-state index is -0.742. The molecule has 0 aliphatic heterocycles. The molecule has 0 aliphatic carbocycles. The van der Waals surface area contributed by atoms with Crippen LogP contribution in [0.3, 0.4) is 0 Å². The average Bonchev–Trinajstić information content (AvgIpc) is 2.41. The zero-order valence-electron chi connectivity index (χ0n) is 11.2. The maximum Gasteiger partial charge on any atom is 0.145 e. The highest BCUT2D eigenvalue weighted by molar-refractivity contribution is 9.10. The van der Waals surface area contributed by atoms with Gasteiger partial charge in [-0.3, -0.25) is 5.84 Å². The molecular formula is C15H15BrF2N2. The van der Waals surface area contributed by atoms with Crippen molar-refractivity contribution in [2.24, 2.45) is 5.84 Å². The highest BCUT2D eigenvalue weighted by Gasteiger charge is 2.25. The predicted octanol–water partition coefficient (Wildman–Crippen LogP) is 3.90. The van der Waals surface area contributed by atoms with Crippen molar-refractivity contribution in [2.45, 2.75) is 19.9 Å². The maximum atomic E-state index is 14.3. The summed E-state index contributed by atoms with van der Waals surface area (Å²) in [7, 11) is 0. The van der Waals surface area contributed by atoms with Gasteiger partial charge in [0.05, 0.1) is 10.5 Å². The first-order valence-electron chi connectivity index (χ1n) is 6.13. The van der Waals surface area contributed by atoms with Crippen LogP contribution in [0.4, 0.5) is 8.78 Å². The third-order valence-electron chi connectivity index (χ3n) is 3.37. The van der Waals surface area contributed by atoms with E-state index in [0.29, 0.717) is 0 Å². The summed E-state index contributed by atoms with van der Waals surface area (Å²) in [6.07, 6.45) is 0. The Balaban J connectivity index is 2.68. The lowest BCUT2D eigenvalue weighted by Crippen LogP contribution is -2.31. The van der Waals surface area contributed by atoms with Crippen LogP contribution in [0.15, 0.2) is 34.8 Å². The van der Waals surface area contributed by atoms with Crippen molar-refractivity contribution >= 4 is 15.9 Å². The van der Waals surface area contributed by atoms with Crippen LogP contribution < -0.4 is 11.3 Å². The molecule has 0 fully saturated rings. The molecule has 0 amide bonds. The topological polar surface area (TPSA) is 38.0 Å². The molecule has 5 heteroatoms. The number of hydrazine groups is 1. The van der Waals surface area contributed by atoms with E-state index in [1.165, 1.54) is 12.1 Å². The largest absolute Gasteiger partial charge is 0.271 e. The Morgan fingerprint density at radius 3 is 2.20 bits per heavy atom. The fourth-order valence-electron chi connectivity index (χ4n) is 2.40. The summed E-state index contributed by atoms with van der Waals surface area (Å²) >= 11 is 3.08. The van der Waals surface area contributed by atoms with Crippen LogP contribution in [0.5, 0.6) is 0 Å². The third kappa shape index (κ3) is 2.61. The molecule has 0 saturated heterocycles. The van der Waals surface area contributed by atoms with Crippen LogP contribution in [0, 0.1) is 25.5 Å². The van der Waals surface area contributed by atoms with Crippen molar-refractivity contribution in [3.63, 3.8) is 0 Å². The molecule has 1 atom stereocenters. The van der Waals surface area contributed by atoms with Crippen molar-refractivity contribution in [1.29, 1.82) is 0 Å². The van der Waals surface area contributed by atoms with Crippen molar-refractivity contribution < 1.29 is 8.78 Å². The van der Waals surface area contributed by atoms with Gasteiger partial charge >= 0.3 is 0 Å². The normalized spacial score (nSPS) is 12.5. The molecule has 2 rings (SSSR count). The van der Waals surface area contributed by atoms with Crippen molar-refractivity contribution in [3.8, 4) is 0 Å². The lowest BCUT2D eigenvalue weighted by Gasteiger charge is -2.22. The molecule has 0 spiro atoms. The second-order valence-corrected chi connectivity index (χ2v) is 5.52. The van der Waals surface area contributed by atoms with E-state index in [4.69, 9.17) is 5.84 Å². The Labute approximate surface area is 125 Å². The first-order chi connectivity index (χ1) is 9.47. The van der Waals surface area contributed by atoms with E-state index in [2.05, 4.69) is 21.4 Å². The Kier molecular flexibility index (Phi) is 4.52. The van der Waals surface area contributed by atoms with Crippen LogP contribution >= 0.6 is 15.9 Å². The summed E-state index contributed by atoms with van der Waals surface area (Å²) in [6.45, 7) is 3.78. The molecule has 3 N–H and O–H groups in total. The number of nitrogens with one attached hydrogen (secondary N) is 1. The van der Waals surface area contributed by atoms with Gasteiger partial charge in [-0.15, -0.1) is 0 Å². The lowest BCUT2D eigenvalue weighted by molar-refractivity contribution is 0.506. The van der Waals surface area contributed by atoms with Crippen LogP contribution in [-0.2, 0) is 0 Å². The standard InChI is InChI=1S/C15H15BrF2N2/c1-8-4-3-5-9(2)12(8)15(20-19)13-11(17)7-6-10(16)14(13)18/h3-7,15,20H,19H2,1-2H3. The quantitative estimate of drug-likeness (QED) is 0.505. The smallest absolute Gasteiger partial charge is 0.145 e. The third-order valence-corrected chi connectivity index (χ3v) is 3.98. The van der Waals surface area contributed by atoms with Crippen LogP contribution in [0.25, 0.3) is 0 Å². The van der Waals surface area contributed by atoms with E-state index in [0.717, 1.165) is 16.7 Å². The summed E-state index contributed by atoms with van der Waals surface area (Å²) < 4.78 is 28.5. The molecule has 0 aromatic heterocycles. The first-order valence-corrected chi connectivity index (χ1v) is 6.92. The van der Waals surface area contributed by atoms with E-state index in [-0.39, 0.29) is 10.0 Å². The fraction of sp³-hybridized carbons (Fsp3) is 0.200. The minimum absolute atomic E-state index is 0.0840. The molecule has 1 unspecified atom stereocenters. The molecule has 0 aliphatic rings. The Bertz CT molecular complexity index is 624. The van der Waals surface area contributed by atoms with Crippen molar-refractivity contribution in [1.82, 2.24) is 5.43 Å². The first kappa shape index (κ1) is 15.1. The molecule has 2 nitrogen and oxygen atoms in total. The van der Waals surface area contributed by atoms with E-state index >= 15 is 0 Å². The van der Waals surface area contributed by atoms with Crippen molar-refractivity contribution in [3.05, 3.63) is 68.7 Å². The second-order valence-electron chi connectivity index (χ2n) is 4.66. The number of halogens is 3. The van der Waals surface area contributed by atoms with Crippen LogP contribution in [0.2, 0.25) is 0 Å². The summed E-state index contributed by atoms with van der Waals surface area (Å²) in [6, 6.07) is 7.50. The van der Waals surface area contributed by atoms with Crippen LogP contribution in [-0.4, -0.2) is 0 Å². The lowest BCUT2D eigenvalue weighted by atomic mass is 9.91. The molecule has 0 bridgehead atoms. The maximum absolute atomic E-state index is 14.3. The molecular weight excluding hydrogens is 326 g/mol. The van der Waals surface area contributed by atoms with E-state index < -0.39 is 17.7 Å². The number of hydrogen-bond acceptors (Lipinski definition) is 2. The van der Waals surface area contributed by atoms with Gasteiger partial charge in [-0.1, -0.05) is 18.2 Å². The number of rotatable bonds is 3. The zero-order valence-corrected chi connectivity index (χ0v) is 12.8. The monoisotopic (exact) mass is 340 g/mol. The number of aryl methyl sites for hydroxylation is 2. The SMILES string of the molecule is Cc1cccc(C)c1C(NN)c1c(F)ccc(Br)c1F. The van der Waals surface area contributed by atoms with Crippen LogP contribution in [0.1, 0.15) is 28.3 Å². The van der Waals surface area contributed by atoms with Gasteiger partial charge < -0.3 is 0 Å². The Morgan fingerprint density at radius 2 is 1.65 bits per heavy atom. The minimum Gasteiger partial charge on any atom is -0.271 e. The summed E-state index contributed by atoms with van der Waals surface area (Å²) in [5.74, 6) is 4.29. The average molecular weight is 341 g/mol. The Hall–Kier alpha value is -1.30. The molecule has 106 valence electrons. The fourth-order valence-corrected chi connectivity index (χ4v) is 2.75.